The summed E-state index contributed by atoms with van der Waals surface area (Å²) in [6, 6.07) is 11.6. The van der Waals surface area contributed by atoms with Gasteiger partial charge in [-0.1, -0.05) is 18.2 Å². The van der Waals surface area contributed by atoms with Gasteiger partial charge >= 0.3 is 6.18 Å². The van der Waals surface area contributed by atoms with Gasteiger partial charge in [0.1, 0.15) is 17.2 Å². The average molecular weight is 494 g/mol. The summed E-state index contributed by atoms with van der Waals surface area (Å²) in [7, 11) is -3.22. The molecule has 0 aliphatic carbocycles. The molecule has 1 aromatic heterocycles. The van der Waals surface area contributed by atoms with Gasteiger partial charge in [0.2, 0.25) is 5.91 Å². The van der Waals surface area contributed by atoms with E-state index in [2.05, 4.69) is 10.3 Å². The number of halogens is 3. The molecule has 0 saturated carbocycles. The molecule has 7 nitrogen and oxygen atoms in total. The molecule has 0 aliphatic heterocycles. The van der Waals surface area contributed by atoms with Gasteiger partial charge in [0.25, 0.3) is 10.0 Å². The second-order valence-corrected chi connectivity index (χ2v) is 9.18. The Labute approximate surface area is 195 Å². The van der Waals surface area contributed by atoms with E-state index >= 15 is 0 Å². The topological polar surface area (TPSA) is 88.6 Å². The van der Waals surface area contributed by atoms with E-state index in [9.17, 15) is 26.4 Å². The Morgan fingerprint density at radius 1 is 1.12 bits per heavy atom. The van der Waals surface area contributed by atoms with Crippen LogP contribution < -0.4 is 14.4 Å². The van der Waals surface area contributed by atoms with Gasteiger partial charge in [-0.3, -0.25) is 14.1 Å². The van der Waals surface area contributed by atoms with Gasteiger partial charge in [-0.2, -0.15) is 13.2 Å². The number of amides is 1. The predicted molar refractivity (Wildman–Crippen MR) is 120 cm³/mol. The number of benzene rings is 2. The van der Waals surface area contributed by atoms with Gasteiger partial charge in [-0.25, -0.2) is 8.42 Å². The maximum absolute atomic E-state index is 13.6. The van der Waals surface area contributed by atoms with Crippen LogP contribution in [0.1, 0.15) is 16.7 Å². The van der Waals surface area contributed by atoms with Gasteiger partial charge in [-0.05, 0) is 54.4 Å². The van der Waals surface area contributed by atoms with Gasteiger partial charge in [0.05, 0.1) is 18.4 Å². The number of alkyl halides is 3. The zero-order valence-electron chi connectivity index (χ0n) is 18.3. The molecule has 1 heterocycles. The van der Waals surface area contributed by atoms with Gasteiger partial charge in [0.15, 0.2) is 0 Å². The maximum atomic E-state index is 13.6. The molecule has 0 fully saturated rings. The molecule has 2 aromatic carbocycles. The number of carbonyl (C=O) groups excluding carboxylic acids is 1. The number of hydrogen-bond acceptors (Lipinski definition) is 5. The summed E-state index contributed by atoms with van der Waals surface area (Å²) in [6.45, 7) is 0.978. The molecule has 34 heavy (non-hydrogen) atoms. The first kappa shape index (κ1) is 25.0. The number of pyridine rings is 1. The number of nitrogens with zero attached hydrogens (tertiary/aromatic N) is 2. The first-order valence-corrected chi connectivity index (χ1v) is 11.5. The van der Waals surface area contributed by atoms with Gasteiger partial charge in [-0.15, -0.1) is 0 Å². The van der Waals surface area contributed by atoms with Crippen LogP contribution in [-0.2, 0) is 27.5 Å². The lowest BCUT2D eigenvalue weighted by molar-refractivity contribution is -0.137. The molecule has 0 unspecified atom stereocenters. The van der Waals surface area contributed by atoms with Crippen LogP contribution in [0.15, 0.2) is 71.9 Å². The van der Waals surface area contributed by atoms with E-state index in [4.69, 9.17) is 4.74 Å². The van der Waals surface area contributed by atoms with Crippen molar-refractivity contribution in [3.8, 4) is 5.75 Å². The molecule has 3 aromatic rings. The minimum atomic E-state index is -4.70. The molecule has 3 rings (SSSR count). The molecule has 0 spiro atoms. The number of sulfonamides is 1. The fourth-order valence-electron chi connectivity index (χ4n) is 3.15. The van der Waals surface area contributed by atoms with Gasteiger partial charge in [0, 0.05) is 18.9 Å². The Kier molecular flexibility index (Phi) is 7.45. The maximum Gasteiger partial charge on any atom is 0.416 e. The Bertz CT molecular complexity index is 1270. The third-order valence-electron chi connectivity index (χ3n) is 4.85. The van der Waals surface area contributed by atoms with E-state index < -0.39 is 34.2 Å². The first-order chi connectivity index (χ1) is 16.0. The number of ether oxygens (including phenoxy) is 1. The average Bonchev–Trinajstić information content (AvgIpc) is 2.81. The highest BCUT2D eigenvalue weighted by molar-refractivity contribution is 7.93. The first-order valence-electron chi connectivity index (χ1n) is 10.0. The molecule has 0 saturated heterocycles. The number of hydrogen-bond donors (Lipinski definition) is 1. The fraction of sp³-hybridized carbons (Fsp3) is 0.217. The Hall–Kier alpha value is -3.60. The van der Waals surface area contributed by atoms with Crippen molar-refractivity contribution in [2.75, 3.05) is 18.0 Å². The van der Waals surface area contributed by atoms with Crippen molar-refractivity contribution in [3.05, 3.63) is 83.7 Å². The van der Waals surface area contributed by atoms with E-state index in [1.165, 1.54) is 31.5 Å². The van der Waals surface area contributed by atoms with E-state index in [1.54, 1.807) is 31.3 Å². The van der Waals surface area contributed by atoms with Crippen LogP contribution in [0.3, 0.4) is 0 Å². The Morgan fingerprint density at radius 3 is 2.53 bits per heavy atom. The fourth-order valence-corrected chi connectivity index (χ4v) is 4.80. The van der Waals surface area contributed by atoms with Crippen LogP contribution in [-0.4, -0.2) is 33.0 Å². The summed E-state index contributed by atoms with van der Waals surface area (Å²) in [6.07, 6.45) is -1.61. The minimum Gasteiger partial charge on any atom is -0.495 e. The zero-order chi connectivity index (χ0) is 24.9. The number of methoxy groups -OCH3 is 1. The third-order valence-corrected chi connectivity index (χ3v) is 6.64. The van der Waals surface area contributed by atoms with Crippen molar-refractivity contribution >= 4 is 21.6 Å². The van der Waals surface area contributed by atoms with Crippen molar-refractivity contribution in [2.45, 2.75) is 24.5 Å². The number of aryl methyl sites for hydroxylation is 1. The molecule has 0 radical (unpaired) electrons. The summed E-state index contributed by atoms with van der Waals surface area (Å²) in [5.41, 5.74) is -0.0961. The van der Waals surface area contributed by atoms with Crippen molar-refractivity contribution in [2.24, 2.45) is 0 Å². The van der Waals surface area contributed by atoms with Crippen LogP contribution in [0, 0.1) is 6.92 Å². The standard InChI is InChI=1S/C23H22F3N3O4S/c1-16-8-9-20(33-2)21(11-16)34(31,32)29(19-7-3-6-18(12-19)23(24,25)26)15-22(30)28-14-17-5-4-10-27-13-17/h3-13H,14-15H2,1-2H3,(H,28,30). The Balaban J connectivity index is 2.02. The summed E-state index contributed by atoms with van der Waals surface area (Å²) in [5, 5.41) is 2.57. The summed E-state index contributed by atoms with van der Waals surface area (Å²) < 4.78 is 73.0. The van der Waals surface area contributed by atoms with Crippen molar-refractivity contribution in [1.82, 2.24) is 10.3 Å². The highest BCUT2D eigenvalue weighted by Gasteiger charge is 2.34. The third kappa shape index (κ3) is 5.84. The molecule has 1 amide bonds. The van der Waals surface area contributed by atoms with Crippen LogP contribution >= 0.6 is 0 Å². The summed E-state index contributed by atoms with van der Waals surface area (Å²) in [4.78, 5) is 16.4. The second kappa shape index (κ2) is 10.1. The van der Waals surface area contributed by atoms with E-state index in [0.29, 0.717) is 21.5 Å². The van der Waals surface area contributed by atoms with E-state index in [0.717, 1.165) is 12.1 Å². The molecular formula is C23H22F3N3O4S. The highest BCUT2D eigenvalue weighted by Crippen LogP contribution is 2.35. The normalized spacial score (nSPS) is 11.7. The zero-order valence-corrected chi connectivity index (χ0v) is 19.2. The number of rotatable bonds is 8. The van der Waals surface area contributed by atoms with Crippen molar-refractivity contribution in [3.63, 3.8) is 0 Å². The lowest BCUT2D eigenvalue weighted by Crippen LogP contribution is -2.41. The van der Waals surface area contributed by atoms with Gasteiger partial charge < -0.3 is 10.1 Å². The monoisotopic (exact) mass is 493 g/mol. The molecule has 0 aliphatic rings. The van der Waals surface area contributed by atoms with Crippen LogP contribution in [0.2, 0.25) is 0 Å². The number of carbonyl (C=O) groups is 1. The Morgan fingerprint density at radius 2 is 1.88 bits per heavy atom. The molecular weight excluding hydrogens is 471 g/mol. The van der Waals surface area contributed by atoms with Crippen molar-refractivity contribution < 1.29 is 31.1 Å². The lowest BCUT2D eigenvalue weighted by atomic mass is 10.2. The largest absolute Gasteiger partial charge is 0.495 e. The number of nitrogens with one attached hydrogen (secondary N) is 1. The number of anilines is 1. The van der Waals surface area contributed by atoms with Crippen LogP contribution in [0.25, 0.3) is 0 Å². The van der Waals surface area contributed by atoms with Crippen LogP contribution in [0.5, 0.6) is 5.75 Å². The smallest absolute Gasteiger partial charge is 0.416 e. The van der Waals surface area contributed by atoms with Crippen LogP contribution in [0.4, 0.5) is 18.9 Å². The quantitative estimate of drug-likeness (QED) is 0.514. The molecule has 0 atom stereocenters. The van der Waals surface area contributed by atoms with E-state index in [1.807, 2.05) is 0 Å². The number of aromatic nitrogens is 1. The lowest BCUT2D eigenvalue weighted by Gasteiger charge is -2.26. The minimum absolute atomic E-state index is 0.00153. The highest BCUT2D eigenvalue weighted by atomic mass is 32.2. The second-order valence-electron chi connectivity index (χ2n) is 7.35. The predicted octanol–water partition coefficient (Wildman–Crippen LogP) is 3.93. The molecule has 0 bridgehead atoms. The molecule has 1 N–H and O–H groups in total. The molecule has 11 heteroatoms. The summed E-state index contributed by atoms with van der Waals surface area (Å²) >= 11 is 0. The van der Waals surface area contributed by atoms with E-state index in [-0.39, 0.29) is 22.9 Å². The van der Waals surface area contributed by atoms with Crippen molar-refractivity contribution in [1.29, 1.82) is 0 Å². The molecule has 180 valence electrons. The SMILES string of the molecule is COc1ccc(C)cc1S(=O)(=O)N(CC(=O)NCc1cccnc1)c1cccc(C(F)(F)F)c1. The summed E-state index contributed by atoms with van der Waals surface area (Å²) in [5.74, 6) is -0.713.